The molecule has 0 saturated carbocycles. The summed E-state index contributed by atoms with van der Waals surface area (Å²) in [6.07, 6.45) is 4.32. The van der Waals surface area contributed by atoms with Gasteiger partial charge in [0, 0.05) is 26.1 Å². The summed E-state index contributed by atoms with van der Waals surface area (Å²) in [6.45, 7) is 4.54. The molecule has 1 amide bonds. The SMILES string of the molecule is CCCOc1ccc(CCC(=O)N2CCCC(CO)C2)cc1. The van der Waals surface area contributed by atoms with E-state index in [1.54, 1.807) is 0 Å². The molecule has 1 unspecified atom stereocenters. The van der Waals surface area contributed by atoms with Crippen molar-refractivity contribution in [1.82, 2.24) is 4.90 Å². The Morgan fingerprint density at radius 1 is 1.36 bits per heavy atom. The molecule has 1 atom stereocenters. The van der Waals surface area contributed by atoms with Crippen LogP contribution in [0.3, 0.4) is 0 Å². The fourth-order valence-corrected chi connectivity index (χ4v) is 2.82. The van der Waals surface area contributed by atoms with Crippen LogP contribution in [-0.4, -0.2) is 42.2 Å². The molecule has 1 aliphatic rings. The van der Waals surface area contributed by atoms with Crippen molar-refractivity contribution in [2.24, 2.45) is 5.92 Å². The van der Waals surface area contributed by atoms with Gasteiger partial charge >= 0.3 is 0 Å². The smallest absolute Gasteiger partial charge is 0.222 e. The molecule has 1 N–H and O–H groups in total. The van der Waals surface area contributed by atoms with E-state index >= 15 is 0 Å². The molecular formula is C18H27NO3. The Balaban J connectivity index is 1.78. The first-order chi connectivity index (χ1) is 10.7. The molecule has 0 aliphatic carbocycles. The largest absolute Gasteiger partial charge is 0.494 e. The maximum absolute atomic E-state index is 12.3. The number of ether oxygens (including phenoxy) is 1. The van der Waals surface area contributed by atoms with Crippen LogP contribution in [0, 0.1) is 5.92 Å². The Hall–Kier alpha value is -1.55. The average molecular weight is 305 g/mol. The van der Waals surface area contributed by atoms with Crippen molar-refractivity contribution in [3.63, 3.8) is 0 Å². The summed E-state index contributed by atoms with van der Waals surface area (Å²) in [5, 5.41) is 9.24. The van der Waals surface area contributed by atoms with Gasteiger partial charge in [-0.25, -0.2) is 0 Å². The number of aryl methyl sites for hydroxylation is 1. The standard InChI is InChI=1S/C18H27NO3/c1-2-12-22-17-8-5-15(6-9-17)7-10-18(21)19-11-3-4-16(13-19)14-20/h5-6,8-9,16,20H,2-4,7,10-14H2,1H3. The van der Waals surface area contributed by atoms with Crippen LogP contribution in [0.5, 0.6) is 5.75 Å². The molecule has 0 radical (unpaired) electrons. The number of nitrogens with zero attached hydrogens (tertiary/aromatic N) is 1. The summed E-state index contributed by atoms with van der Waals surface area (Å²) in [7, 11) is 0. The summed E-state index contributed by atoms with van der Waals surface area (Å²) < 4.78 is 5.56. The van der Waals surface area contributed by atoms with E-state index in [1.807, 2.05) is 29.2 Å². The van der Waals surface area contributed by atoms with Crippen molar-refractivity contribution in [3.05, 3.63) is 29.8 Å². The second-order valence-corrected chi connectivity index (χ2v) is 6.02. The maximum atomic E-state index is 12.3. The lowest BCUT2D eigenvalue weighted by molar-refractivity contribution is -0.133. The van der Waals surface area contributed by atoms with Gasteiger partial charge in [-0.3, -0.25) is 4.79 Å². The van der Waals surface area contributed by atoms with Crippen LogP contribution >= 0.6 is 0 Å². The van der Waals surface area contributed by atoms with E-state index in [2.05, 4.69) is 6.92 Å². The lowest BCUT2D eigenvalue weighted by atomic mass is 9.98. The van der Waals surface area contributed by atoms with E-state index in [-0.39, 0.29) is 18.4 Å². The summed E-state index contributed by atoms with van der Waals surface area (Å²) in [5.41, 5.74) is 1.16. The molecule has 1 aliphatic heterocycles. The van der Waals surface area contributed by atoms with Crippen molar-refractivity contribution in [2.75, 3.05) is 26.3 Å². The van der Waals surface area contributed by atoms with Gasteiger partial charge in [-0.1, -0.05) is 19.1 Å². The van der Waals surface area contributed by atoms with Crippen LogP contribution in [-0.2, 0) is 11.2 Å². The second kappa shape index (κ2) is 8.79. The number of benzene rings is 1. The molecular weight excluding hydrogens is 278 g/mol. The number of aliphatic hydroxyl groups is 1. The number of hydrogen-bond acceptors (Lipinski definition) is 3. The molecule has 1 aromatic rings. The molecule has 22 heavy (non-hydrogen) atoms. The minimum absolute atomic E-state index is 0.184. The number of piperidine rings is 1. The average Bonchev–Trinajstić information content (AvgIpc) is 2.58. The second-order valence-electron chi connectivity index (χ2n) is 6.02. The predicted molar refractivity (Wildman–Crippen MR) is 86.9 cm³/mol. The molecule has 1 saturated heterocycles. The molecule has 122 valence electrons. The predicted octanol–water partition coefficient (Wildman–Crippen LogP) is 2.64. The van der Waals surface area contributed by atoms with Gasteiger partial charge in [0.1, 0.15) is 5.75 Å². The number of amides is 1. The third-order valence-electron chi connectivity index (χ3n) is 4.15. The van der Waals surface area contributed by atoms with E-state index in [0.717, 1.165) is 50.1 Å². The van der Waals surface area contributed by atoms with Gasteiger partial charge in [0.2, 0.25) is 5.91 Å². The Morgan fingerprint density at radius 3 is 2.82 bits per heavy atom. The van der Waals surface area contributed by atoms with E-state index in [1.165, 1.54) is 0 Å². The van der Waals surface area contributed by atoms with Gasteiger partial charge in [0.25, 0.3) is 0 Å². The maximum Gasteiger partial charge on any atom is 0.222 e. The highest BCUT2D eigenvalue weighted by molar-refractivity contribution is 5.76. The first-order valence-corrected chi connectivity index (χ1v) is 8.33. The molecule has 1 fully saturated rings. The lowest BCUT2D eigenvalue weighted by Crippen LogP contribution is -2.41. The van der Waals surface area contributed by atoms with Crippen molar-refractivity contribution < 1.29 is 14.6 Å². The van der Waals surface area contributed by atoms with E-state index in [9.17, 15) is 9.90 Å². The van der Waals surface area contributed by atoms with Gasteiger partial charge in [-0.15, -0.1) is 0 Å². The zero-order chi connectivity index (χ0) is 15.8. The van der Waals surface area contributed by atoms with Crippen LogP contribution in [0.1, 0.15) is 38.2 Å². The van der Waals surface area contributed by atoms with Crippen LogP contribution in [0.2, 0.25) is 0 Å². The molecule has 0 spiro atoms. The van der Waals surface area contributed by atoms with Crippen LogP contribution in [0.15, 0.2) is 24.3 Å². The monoisotopic (exact) mass is 305 g/mol. The Kier molecular flexibility index (Phi) is 6.72. The molecule has 4 nitrogen and oxygen atoms in total. The number of rotatable bonds is 7. The molecule has 1 heterocycles. The molecule has 0 aromatic heterocycles. The minimum atomic E-state index is 0.184. The first kappa shape index (κ1) is 16.8. The number of carbonyl (C=O) groups is 1. The van der Waals surface area contributed by atoms with Crippen molar-refractivity contribution in [3.8, 4) is 5.75 Å². The van der Waals surface area contributed by atoms with E-state index < -0.39 is 0 Å². The zero-order valence-electron chi connectivity index (χ0n) is 13.5. The van der Waals surface area contributed by atoms with E-state index in [0.29, 0.717) is 13.0 Å². The number of carbonyl (C=O) groups excluding carboxylic acids is 1. The van der Waals surface area contributed by atoms with Crippen molar-refractivity contribution in [1.29, 1.82) is 0 Å². The minimum Gasteiger partial charge on any atom is -0.494 e. The first-order valence-electron chi connectivity index (χ1n) is 8.33. The third kappa shape index (κ3) is 5.02. The van der Waals surface area contributed by atoms with E-state index in [4.69, 9.17) is 4.74 Å². The van der Waals surface area contributed by atoms with Crippen molar-refractivity contribution >= 4 is 5.91 Å². The lowest BCUT2D eigenvalue weighted by Gasteiger charge is -2.32. The van der Waals surface area contributed by atoms with Gasteiger partial charge in [-0.05, 0) is 49.3 Å². The summed E-state index contributed by atoms with van der Waals surface area (Å²) >= 11 is 0. The topological polar surface area (TPSA) is 49.8 Å². The summed E-state index contributed by atoms with van der Waals surface area (Å²) in [6, 6.07) is 8.01. The van der Waals surface area contributed by atoms with Gasteiger partial charge in [-0.2, -0.15) is 0 Å². The van der Waals surface area contributed by atoms with Gasteiger partial charge in [0.05, 0.1) is 6.61 Å². The zero-order valence-corrected chi connectivity index (χ0v) is 13.5. The fourth-order valence-electron chi connectivity index (χ4n) is 2.82. The highest BCUT2D eigenvalue weighted by Crippen LogP contribution is 2.18. The molecule has 1 aromatic carbocycles. The molecule has 2 rings (SSSR count). The Morgan fingerprint density at radius 2 is 2.14 bits per heavy atom. The molecule has 4 heteroatoms. The van der Waals surface area contributed by atoms with Crippen molar-refractivity contribution in [2.45, 2.75) is 39.0 Å². The quantitative estimate of drug-likeness (QED) is 0.842. The Labute approximate surface area is 133 Å². The Bertz CT molecular complexity index is 458. The van der Waals surface area contributed by atoms with Crippen LogP contribution in [0.4, 0.5) is 0 Å². The van der Waals surface area contributed by atoms with Crippen LogP contribution in [0.25, 0.3) is 0 Å². The normalized spacial score (nSPS) is 18.3. The van der Waals surface area contributed by atoms with Gasteiger partial charge in [0.15, 0.2) is 0 Å². The number of aliphatic hydroxyl groups excluding tert-OH is 1. The highest BCUT2D eigenvalue weighted by atomic mass is 16.5. The number of hydrogen-bond donors (Lipinski definition) is 1. The third-order valence-corrected chi connectivity index (χ3v) is 4.15. The van der Waals surface area contributed by atoms with Gasteiger partial charge < -0.3 is 14.7 Å². The van der Waals surface area contributed by atoms with Crippen LogP contribution < -0.4 is 4.74 Å². The summed E-state index contributed by atoms with van der Waals surface area (Å²) in [5.74, 6) is 1.34. The molecule has 0 bridgehead atoms. The summed E-state index contributed by atoms with van der Waals surface area (Å²) in [4.78, 5) is 14.2. The highest BCUT2D eigenvalue weighted by Gasteiger charge is 2.22. The fraction of sp³-hybridized carbons (Fsp3) is 0.611. The number of likely N-dealkylation sites (tertiary alicyclic amines) is 1.